The number of fused-ring (bicyclic) bond motifs is 1. The molecule has 0 saturated carbocycles. The van der Waals surface area contributed by atoms with Gasteiger partial charge in [-0.15, -0.1) is 0 Å². The molecular weight excluding hydrogens is 272 g/mol. The van der Waals surface area contributed by atoms with Crippen molar-refractivity contribution in [1.82, 2.24) is 19.9 Å². The maximum absolute atomic E-state index is 4.35. The van der Waals surface area contributed by atoms with Crippen LogP contribution in [0.1, 0.15) is 53.3 Å². The molecule has 1 N–H and O–H groups in total. The molecule has 22 heavy (non-hydrogen) atoms. The zero-order valence-corrected chi connectivity index (χ0v) is 14.5. The van der Waals surface area contributed by atoms with Gasteiger partial charge in [-0.2, -0.15) is 0 Å². The van der Waals surface area contributed by atoms with Gasteiger partial charge >= 0.3 is 0 Å². The van der Waals surface area contributed by atoms with Crippen molar-refractivity contribution in [2.75, 3.05) is 0 Å². The van der Waals surface area contributed by atoms with Crippen molar-refractivity contribution >= 4 is 11.2 Å². The molecule has 0 bridgehead atoms. The van der Waals surface area contributed by atoms with E-state index in [-0.39, 0.29) is 0 Å². The summed E-state index contributed by atoms with van der Waals surface area (Å²) in [6.07, 6.45) is 5.26. The summed E-state index contributed by atoms with van der Waals surface area (Å²) in [6, 6.07) is 9.61. The van der Waals surface area contributed by atoms with Crippen molar-refractivity contribution in [3.05, 3.63) is 54.7 Å². The van der Waals surface area contributed by atoms with Crippen LogP contribution in [0, 0.1) is 0 Å². The van der Waals surface area contributed by atoms with E-state index in [0.717, 1.165) is 17.0 Å². The number of hydrogen-bond acceptors (Lipinski definition) is 3. The minimum absolute atomic E-state index is 0.430. The zero-order valence-electron chi connectivity index (χ0n) is 14.5. The average Bonchev–Trinajstić information content (AvgIpc) is 3.05. The average molecular weight is 300 g/mol. The molecule has 0 aliphatic heterocycles. The van der Waals surface area contributed by atoms with Crippen molar-refractivity contribution in [1.29, 1.82) is 0 Å². The first-order valence-electron chi connectivity index (χ1n) is 7.93. The highest BCUT2D eigenvalue weighted by Gasteiger charge is 2.05. The maximum atomic E-state index is 4.35. The fourth-order valence-electron chi connectivity index (χ4n) is 1.45. The Kier molecular flexibility index (Phi) is 11.2. The molecule has 120 valence electrons. The standard InChI is InChI=1S/C9H11N3.C5H5N.2C2H6/c1-6(2)8-11-7-4-3-5-10-9(7)12-8;1-2-4-6-5-3-1;2*1-2/h3-6H,1-2H3,(H,10,11,12);1-5H;2*1-2H3. The molecule has 3 aromatic rings. The molecule has 0 unspecified atom stereocenters. The van der Waals surface area contributed by atoms with Crippen LogP contribution in [0.2, 0.25) is 0 Å². The smallest absolute Gasteiger partial charge is 0.177 e. The topological polar surface area (TPSA) is 54.5 Å². The predicted octanol–water partition coefficient (Wildman–Crippen LogP) is 5.22. The molecule has 0 amide bonds. The third-order valence-electron chi connectivity index (χ3n) is 2.39. The van der Waals surface area contributed by atoms with E-state index in [2.05, 4.69) is 33.8 Å². The van der Waals surface area contributed by atoms with Crippen molar-refractivity contribution in [2.45, 2.75) is 47.5 Å². The van der Waals surface area contributed by atoms with Crippen LogP contribution in [0.4, 0.5) is 0 Å². The molecule has 0 radical (unpaired) electrons. The van der Waals surface area contributed by atoms with E-state index >= 15 is 0 Å². The Morgan fingerprint density at radius 1 is 0.864 bits per heavy atom. The highest BCUT2D eigenvalue weighted by molar-refractivity contribution is 5.69. The lowest BCUT2D eigenvalue weighted by Gasteiger charge is -1.95. The quantitative estimate of drug-likeness (QED) is 0.670. The van der Waals surface area contributed by atoms with Crippen LogP contribution < -0.4 is 0 Å². The molecule has 0 aliphatic carbocycles. The molecule has 0 saturated heterocycles. The normalized spacial score (nSPS) is 8.86. The summed E-state index contributed by atoms with van der Waals surface area (Å²) in [5.74, 6) is 1.43. The second kappa shape index (κ2) is 12.5. The number of H-pyrrole nitrogens is 1. The summed E-state index contributed by atoms with van der Waals surface area (Å²) in [6.45, 7) is 12.2. The number of pyridine rings is 2. The van der Waals surface area contributed by atoms with Gasteiger partial charge in [-0.05, 0) is 24.3 Å². The van der Waals surface area contributed by atoms with Gasteiger partial charge in [0, 0.05) is 24.5 Å². The van der Waals surface area contributed by atoms with Gasteiger partial charge in [-0.25, -0.2) is 9.97 Å². The van der Waals surface area contributed by atoms with E-state index in [9.17, 15) is 0 Å². The van der Waals surface area contributed by atoms with Crippen molar-refractivity contribution < 1.29 is 0 Å². The Labute approximate surface area is 134 Å². The first-order chi connectivity index (χ1) is 10.8. The summed E-state index contributed by atoms with van der Waals surface area (Å²) in [7, 11) is 0. The van der Waals surface area contributed by atoms with Gasteiger partial charge in [0.2, 0.25) is 0 Å². The Hall–Kier alpha value is -2.23. The van der Waals surface area contributed by atoms with Gasteiger partial charge in [0.15, 0.2) is 5.65 Å². The SMILES string of the molecule is CC.CC.CC(C)c1nc2ncccc2[nH]1.c1ccncc1. The monoisotopic (exact) mass is 300 g/mol. The summed E-state index contributed by atoms with van der Waals surface area (Å²) in [5.41, 5.74) is 1.82. The van der Waals surface area contributed by atoms with Crippen molar-refractivity contribution in [3.8, 4) is 0 Å². The molecule has 0 aliphatic rings. The Morgan fingerprint density at radius 3 is 1.91 bits per heavy atom. The lowest BCUT2D eigenvalue weighted by Crippen LogP contribution is -1.88. The van der Waals surface area contributed by atoms with Crippen LogP contribution in [-0.4, -0.2) is 19.9 Å². The van der Waals surface area contributed by atoms with E-state index in [0.29, 0.717) is 5.92 Å². The van der Waals surface area contributed by atoms with Gasteiger partial charge in [-0.3, -0.25) is 4.98 Å². The van der Waals surface area contributed by atoms with Gasteiger partial charge in [-0.1, -0.05) is 47.6 Å². The molecular formula is C18H28N4. The van der Waals surface area contributed by atoms with E-state index in [4.69, 9.17) is 0 Å². The van der Waals surface area contributed by atoms with E-state index in [1.54, 1.807) is 18.6 Å². The van der Waals surface area contributed by atoms with Gasteiger partial charge < -0.3 is 4.98 Å². The van der Waals surface area contributed by atoms with Crippen LogP contribution in [-0.2, 0) is 0 Å². The first kappa shape index (κ1) is 19.8. The van der Waals surface area contributed by atoms with E-state index < -0.39 is 0 Å². The molecule has 0 atom stereocenters. The first-order valence-corrected chi connectivity index (χ1v) is 7.93. The Balaban J connectivity index is 0.000000373. The fraction of sp³-hybridized carbons (Fsp3) is 0.389. The third kappa shape index (κ3) is 6.97. The maximum Gasteiger partial charge on any atom is 0.177 e. The van der Waals surface area contributed by atoms with Crippen LogP contribution in [0.3, 0.4) is 0 Å². The number of aromatic nitrogens is 4. The fourth-order valence-corrected chi connectivity index (χ4v) is 1.45. The number of hydrogen-bond donors (Lipinski definition) is 1. The summed E-state index contributed by atoms with van der Waals surface area (Å²) >= 11 is 0. The van der Waals surface area contributed by atoms with Gasteiger partial charge in [0.1, 0.15) is 5.82 Å². The van der Waals surface area contributed by atoms with Crippen LogP contribution in [0.25, 0.3) is 11.2 Å². The van der Waals surface area contributed by atoms with Gasteiger partial charge in [0.25, 0.3) is 0 Å². The van der Waals surface area contributed by atoms with Crippen LogP contribution >= 0.6 is 0 Å². The van der Waals surface area contributed by atoms with Crippen molar-refractivity contribution in [3.63, 3.8) is 0 Å². The molecule has 0 fully saturated rings. The molecule has 3 heterocycles. The highest BCUT2D eigenvalue weighted by atomic mass is 15.0. The molecule has 3 aromatic heterocycles. The molecule has 3 rings (SSSR count). The second-order valence-corrected chi connectivity index (χ2v) is 4.18. The predicted molar refractivity (Wildman–Crippen MR) is 94.9 cm³/mol. The largest absolute Gasteiger partial charge is 0.340 e. The summed E-state index contributed by atoms with van der Waals surface area (Å²) < 4.78 is 0. The number of imidazole rings is 1. The minimum atomic E-state index is 0.430. The zero-order chi connectivity index (χ0) is 16.8. The second-order valence-electron chi connectivity index (χ2n) is 4.18. The Morgan fingerprint density at radius 2 is 1.50 bits per heavy atom. The number of nitrogens with zero attached hydrogens (tertiary/aromatic N) is 3. The minimum Gasteiger partial charge on any atom is -0.340 e. The van der Waals surface area contributed by atoms with Crippen LogP contribution in [0.5, 0.6) is 0 Å². The lowest BCUT2D eigenvalue weighted by atomic mass is 10.2. The molecule has 4 heteroatoms. The highest BCUT2D eigenvalue weighted by Crippen LogP contribution is 2.14. The third-order valence-corrected chi connectivity index (χ3v) is 2.39. The Bertz CT molecular complexity index is 528. The van der Waals surface area contributed by atoms with E-state index in [1.807, 2.05) is 58.0 Å². The molecule has 0 spiro atoms. The molecule has 4 nitrogen and oxygen atoms in total. The number of rotatable bonds is 1. The summed E-state index contributed by atoms with van der Waals surface area (Å²) in [5, 5.41) is 0. The van der Waals surface area contributed by atoms with Crippen LogP contribution in [0.15, 0.2) is 48.9 Å². The lowest BCUT2D eigenvalue weighted by molar-refractivity contribution is 0.798. The molecule has 0 aromatic carbocycles. The number of nitrogens with one attached hydrogen (secondary N) is 1. The van der Waals surface area contributed by atoms with Gasteiger partial charge in [0.05, 0.1) is 5.52 Å². The van der Waals surface area contributed by atoms with Crippen molar-refractivity contribution in [2.24, 2.45) is 0 Å². The number of aromatic amines is 1. The van der Waals surface area contributed by atoms with E-state index in [1.165, 1.54) is 0 Å². The summed E-state index contributed by atoms with van der Waals surface area (Å²) in [4.78, 5) is 15.5.